The monoisotopic (exact) mass is 477 g/mol. The number of rotatable bonds is 5. The minimum atomic E-state index is -0.583. The van der Waals surface area contributed by atoms with Gasteiger partial charge in [0.05, 0.1) is 24.5 Å². The number of carbonyl (C=O) groups is 3. The largest absolute Gasteiger partial charge is 0.442 e. The highest BCUT2D eigenvalue weighted by molar-refractivity contribution is 8.12. The van der Waals surface area contributed by atoms with E-state index in [0.29, 0.717) is 43.3 Å². The van der Waals surface area contributed by atoms with Crippen LogP contribution in [0.25, 0.3) is 0 Å². The standard InChI is InChI=1S/C21H24FN5O5S/c1-13-9-17(24-32-13)19(28)26-7-5-25(6-8-26)18-4-3-14(10-16(18)22)27-12-15(31-21(27)30)11-23-20(29)33-2/h3-4,9-10,15H,5-8,11-12H2,1-2H3,(H,23,29)/t15-/m0/s1. The van der Waals surface area contributed by atoms with Crippen LogP contribution >= 0.6 is 11.8 Å². The number of benzene rings is 1. The van der Waals surface area contributed by atoms with Crippen LogP contribution in [0, 0.1) is 12.7 Å². The highest BCUT2D eigenvalue weighted by Gasteiger charge is 2.33. The number of thioether (sulfide) groups is 1. The second-order valence-corrected chi connectivity index (χ2v) is 8.51. The van der Waals surface area contributed by atoms with E-state index in [2.05, 4.69) is 10.5 Å². The molecule has 2 aliphatic rings. The molecular weight excluding hydrogens is 453 g/mol. The minimum Gasteiger partial charge on any atom is -0.442 e. The maximum absolute atomic E-state index is 15.0. The molecule has 10 nitrogen and oxygen atoms in total. The summed E-state index contributed by atoms with van der Waals surface area (Å²) in [7, 11) is 0. The maximum Gasteiger partial charge on any atom is 0.414 e. The molecular formula is C21H24FN5O5S. The number of ether oxygens (including phenoxy) is 1. The molecule has 4 rings (SSSR count). The van der Waals surface area contributed by atoms with E-state index >= 15 is 0 Å². The van der Waals surface area contributed by atoms with Crippen LogP contribution in [0.4, 0.5) is 25.4 Å². The number of cyclic esters (lactones) is 1. The normalized spacial score (nSPS) is 18.5. The molecule has 33 heavy (non-hydrogen) atoms. The first kappa shape index (κ1) is 22.9. The maximum atomic E-state index is 15.0. The number of nitrogens with zero attached hydrogens (tertiary/aromatic N) is 4. The Bertz CT molecular complexity index is 1060. The third-order valence-corrected chi connectivity index (χ3v) is 6.05. The Morgan fingerprint density at radius 1 is 1.24 bits per heavy atom. The fourth-order valence-corrected chi connectivity index (χ4v) is 4.04. The Morgan fingerprint density at radius 3 is 2.64 bits per heavy atom. The highest BCUT2D eigenvalue weighted by Crippen LogP contribution is 2.28. The molecule has 1 aromatic heterocycles. The van der Waals surface area contributed by atoms with E-state index in [1.54, 1.807) is 36.3 Å². The Balaban J connectivity index is 1.36. The third-order valence-electron chi connectivity index (χ3n) is 5.53. The fraction of sp³-hybridized carbons (Fsp3) is 0.429. The fourth-order valence-electron chi connectivity index (χ4n) is 3.81. The third kappa shape index (κ3) is 5.05. The molecule has 176 valence electrons. The SMILES string of the molecule is CSC(=O)NC[C@H]1CN(c2ccc(N3CCN(C(=O)c4cc(C)on4)CC3)c(F)c2)C(=O)O1. The number of hydrogen-bond donors (Lipinski definition) is 1. The van der Waals surface area contributed by atoms with Gasteiger partial charge in [-0.1, -0.05) is 16.9 Å². The number of aryl methyl sites for hydroxylation is 1. The van der Waals surface area contributed by atoms with E-state index < -0.39 is 18.0 Å². The van der Waals surface area contributed by atoms with Crippen molar-refractivity contribution in [2.45, 2.75) is 13.0 Å². The summed E-state index contributed by atoms with van der Waals surface area (Å²) in [5.41, 5.74) is 1.05. The van der Waals surface area contributed by atoms with E-state index in [1.807, 2.05) is 4.90 Å². The zero-order chi connectivity index (χ0) is 23.5. The van der Waals surface area contributed by atoms with E-state index in [9.17, 15) is 18.8 Å². The lowest BCUT2D eigenvalue weighted by Gasteiger charge is -2.36. The van der Waals surface area contributed by atoms with Crippen LogP contribution in [0.2, 0.25) is 0 Å². The molecule has 1 N–H and O–H groups in total. The summed E-state index contributed by atoms with van der Waals surface area (Å²) in [5, 5.41) is 6.21. The number of nitrogens with one attached hydrogen (secondary N) is 1. The number of carbonyl (C=O) groups excluding carboxylic acids is 3. The molecule has 0 saturated carbocycles. The second-order valence-electron chi connectivity index (χ2n) is 7.73. The van der Waals surface area contributed by atoms with Gasteiger partial charge in [0.25, 0.3) is 11.1 Å². The molecule has 0 spiro atoms. The molecule has 12 heteroatoms. The van der Waals surface area contributed by atoms with Gasteiger partial charge in [-0.05, 0) is 31.4 Å². The summed E-state index contributed by atoms with van der Waals surface area (Å²) in [6, 6.07) is 6.18. The van der Waals surface area contributed by atoms with Crippen molar-refractivity contribution in [1.29, 1.82) is 0 Å². The molecule has 0 unspecified atom stereocenters. The lowest BCUT2D eigenvalue weighted by Crippen LogP contribution is -2.49. The van der Waals surface area contributed by atoms with Gasteiger partial charge in [0, 0.05) is 32.2 Å². The lowest BCUT2D eigenvalue weighted by molar-refractivity contribution is 0.0736. The zero-order valence-corrected chi connectivity index (χ0v) is 19.1. The van der Waals surface area contributed by atoms with Crippen molar-refractivity contribution in [3.63, 3.8) is 0 Å². The van der Waals surface area contributed by atoms with Crippen molar-refractivity contribution in [2.24, 2.45) is 0 Å². The van der Waals surface area contributed by atoms with Crippen molar-refractivity contribution in [3.05, 3.63) is 41.5 Å². The first-order chi connectivity index (χ1) is 15.9. The number of aromatic nitrogens is 1. The predicted octanol–water partition coefficient (Wildman–Crippen LogP) is 2.48. The summed E-state index contributed by atoms with van der Waals surface area (Å²) in [6.07, 6.45) is 0.568. The molecule has 3 heterocycles. The number of amides is 3. The number of hydrogen-bond acceptors (Lipinski definition) is 8. The highest BCUT2D eigenvalue weighted by atomic mass is 32.2. The molecule has 0 aliphatic carbocycles. The van der Waals surface area contributed by atoms with Crippen molar-refractivity contribution < 1.29 is 28.0 Å². The van der Waals surface area contributed by atoms with E-state index in [1.165, 1.54) is 11.0 Å². The quantitative estimate of drug-likeness (QED) is 0.700. The smallest absolute Gasteiger partial charge is 0.414 e. The second kappa shape index (κ2) is 9.69. The number of anilines is 2. The van der Waals surface area contributed by atoms with Crippen LogP contribution in [-0.2, 0) is 4.74 Å². The predicted molar refractivity (Wildman–Crippen MR) is 120 cm³/mol. The van der Waals surface area contributed by atoms with Gasteiger partial charge in [-0.2, -0.15) is 0 Å². The Morgan fingerprint density at radius 2 is 2.00 bits per heavy atom. The molecule has 3 amide bonds. The van der Waals surface area contributed by atoms with Gasteiger partial charge < -0.3 is 24.4 Å². The van der Waals surface area contributed by atoms with Gasteiger partial charge in [-0.3, -0.25) is 14.5 Å². The van der Waals surface area contributed by atoms with Crippen LogP contribution in [0.3, 0.4) is 0 Å². The van der Waals surface area contributed by atoms with E-state index in [0.717, 1.165) is 11.8 Å². The summed E-state index contributed by atoms with van der Waals surface area (Å²) >= 11 is 1.04. The van der Waals surface area contributed by atoms with Crippen molar-refractivity contribution in [3.8, 4) is 0 Å². The van der Waals surface area contributed by atoms with Gasteiger partial charge in [0.2, 0.25) is 0 Å². The Kier molecular flexibility index (Phi) is 6.72. The van der Waals surface area contributed by atoms with Crippen LogP contribution in [0.1, 0.15) is 16.2 Å². The molecule has 0 radical (unpaired) electrons. The Labute approximate surface area is 194 Å². The first-order valence-electron chi connectivity index (χ1n) is 10.4. The summed E-state index contributed by atoms with van der Waals surface area (Å²) < 4.78 is 25.2. The van der Waals surface area contributed by atoms with Crippen LogP contribution in [0.15, 0.2) is 28.8 Å². The summed E-state index contributed by atoms with van der Waals surface area (Å²) in [5.74, 6) is -0.110. The average molecular weight is 478 g/mol. The molecule has 2 fully saturated rings. The minimum absolute atomic E-state index is 0.194. The lowest BCUT2D eigenvalue weighted by atomic mass is 10.2. The molecule has 1 atom stereocenters. The summed E-state index contributed by atoms with van der Waals surface area (Å²) in [6.45, 7) is 3.90. The zero-order valence-electron chi connectivity index (χ0n) is 18.2. The number of halogens is 1. The molecule has 2 saturated heterocycles. The van der Waals surface area contributed by atoms with Crippen LogP contribution < -0.4 is 15.1 Å². The van der Waals surface area contributed by atoms with E-state index in [-0.39, 0.29) is 29.9 Å². The van der Waals surface area contributed by atoms with Gasteiger partial charge in [0.15, 0.2) is 5.69 Å². The Hall–Kier alpha value is -3.28. The van der Waals surface area contributed by atoms with Gasteiger partial charge >= 0.3 is 6.09 Å². The van der Waals surface area contributed by atoms with Crippen molar-refractivity contribution in [1.82, 2.24) is 15.4 Å². The topological polar surface area (TPSA) is 108 Å². The molecule has 0 bridgehead atoms. The number of piperazine rings is 1. The van der Waals surface area contributed by atoms with Crippen molar-refractivity contribution in [2.75, 3.05) is 55.3 Å². The first-order valence-corrected chi connectivity index (χ1v) is 11.6. The van der Waals surface area contributed by atoms with Gasteiger partial charge in [-0.15, -0.1) is 0 Å². The van der Waals surface area contributed by atoms with Crippen LogP contribution in [0.5, 0.6) is 0 Å². The molecule has 2 aromatic rings. The van der Waals surface area contributed by atoms with E-state index in [4.69, 9.17) is 9.26 Å². The van der Waals surface area contributed by atoms with Gasteiger partial charge in [0.1, 0.15) is 17.7 Å². The molecule has 2 aliphatic heterocycles. The molecule has 1 aromatic carbocycles. The van der Waals surface area contributed by atoms with Crippen molar-refractivity contribution >= 4 is 40.4 Å². The van der Waals surface area contributed by atoms with Crippen LogP contribution in [-0.4, -0.2) is 78.9 Å². The summed E-state index contributed by atoms with van der Waals surface area (Å²) in [4.78, 5) is 41.0. The average Bonchev–Trinajstić information content (AvgIpc) is 3.42. The van der Waals surface area contributed by atoms with Gasteiger partial charge in [-0.25, -0.2) is 9.18 Å².